The molecule has 0 saturated heterocycles. The lowest BCUT2D eigenvalue weighted by Crippen LogP contribution is -2.01. The molecule has 1 aliphatic rings. The van der Waals surface area contributed by atoms with Crippen molar-refractivity contribution in [3.05, 3.63) is 17.7 Å². The van der Waals surface area contributed by atoms with Crippen LogP contribution in [-0.2, 0) is 4.74 Å². The molecule has 0 unspecified atom stereocenters. The zero-order chi connectivity index (χ0) is 8.81. The van der Waals surface area contributed by atoms with Crippen LogP contribution in [0.5, 0.6) is 0 Å². The fourth-order valence-electron chi connectivity index (χ4n) is 0.953. The monoisotopic (exact) mass is 168 g/mol. The number of nitrogens with zero attached hydrogens (tertiary/aromatic N) is 1. The van der Waals surface area contributed by atoms with E-state index in [1.807, 2.05) is 0 Å². The van der Waals surface area contributed by atoms with Crippen LogP contribution < -0.4 is 5.73 Å². The molecule has 0 aliphatic carbocycles. The van der Waals surface area contributed by atoms with Crippen LogP contribution in [0.3, 0.4) is 0 Å². The molecule has 4 nitrogen and oxygen atoms in total. The summed E-state index contributed by atoms with van der Waals surface area (Å²) < 4.78 is 4.89. The average Bonchev–Trinajstić information content (AvgIpc) is 2.00. The second-order valence-corrected chi connectivity index (χ2v) is 2.49. The third-order valence-corrected chi connectivity index (χ3v) is 1.54. The highest BCUT2D eigenvalue weighted by Gasteiger charge is 2.00. The molecule has 0 aromatic rings. The van der Waals surface area contributed by atoms with E-state index in [1.165, 1.54) is 6.20 Å². The lowest BCUT2D eigenvalue weighted by atomic mass is 10.2. The molecular formula is C8H12N2O2. The van der Waals surface area contributed by atoms with E-state index in [0.29, 0.717) is 11.5 Å². The maximum atomic E-state index is 8.48. The zero-order valence-corrected chi connectivity index (χ0v) is 6.79. The summed E-state index contributed by atoms with van der Waals surface area (Å²) in [6.45, 7) is -0.305. The molecule has 0 atom stereocenters. The summed E-state index contributed by atoms with van der Waals surface area (Å²) in [4.78, 5) is 3.80. The summed E-state index contributed by atoms with van der Waals surface area (Å²) >= 11 is 0. The Kier molecular flexibility index (Phi) is 3.38. The minimum atomic E-state index is -0.305. The highest BCUT2D eigenvalue weighted by Crippen LogP contribution is 2.11. The third-order valence-electron chi connectivity index (χ3n) is 1.54. The standard InChI is InChI=1S/C8H12N2O2/c9-7-2-1-3-8(12-6-11)5-10-4-7/h5,11H,1-3,6,9H2/b8-5+. The first kappa shape index (κ1) is 8.84. The molecule has 12 heavy (non-hydrogen) atoms. The van der Waals surface area contributed by atoms with Gasteiger partial charge >= 0.3 is 0 Å². The van der Waals surface area contributed by atoms with E-state index in [4.69, 9.17) is 15.6 Å². The second-order valence-electron chi connectivity index (χ2n) is 2.49. The predicted octanol–water partition coefficient (Wildman–Crippen LogP) is 0.490. The number of hydrogen-bond donors (Lipinski definition) is 2. The predicted molar refractivity (Wildman–Crippen MR) is 45.2 cm³/mol. The lowest BCUT2D eigenvalue weighted by molar-refractivity contribution is 0.0375. The van der Waals surface area contributed by atoms with Gasteiger partial charge in [-0.3, -0.25) is 0 Å². The van der Waals surface area contributed by atoms with E-state index >= 15 is 0 Å². The Labute approximate surface area is 71.1 Å². The number of aliphatic imine (C=N–C) groups is 1. The van der Waals surface area contributed by atoms with Gasteiger partial charge in [0.25, 0.3) is 0 Å². The van der Waals surface area contributed by atoms with Gasteiger partial charge in [0.15, 0.2) is 6.79 Å². The number of aliphatic hydroxyl groups is 1. The first-order chi connectivity index (χ1) is 5.83. The quantitative estimate of drug-likeness (QED) is 0.589. The van der Waals surface area contributed by atoms with Gasteiger partial charge in [0.2, 0.25) is 0 Å². The van der Waals surface area contributed by atoms with E-state index in [-0.39, 0.29) is 6.79 Å². The summed E-state index contributed by atoms with van der Waals surface area (Å²) in [5.74, 6) is 3.33. The van der Waals surface area contributed by atoms with Gasteiger partial charge < -0.3 is 15.6 Å². The summed E-state index contributed by atoms with van der Waals surface area (Å²) in [6, 6.07) is 0. The molecule has 3 N–H and O–H groups in total. The number of allylic oxidation sites excluding steroid dienone is 2. The maximum Gasteiger partial charge on any atom is 0.186 e. The molecule has 0 fully saturated rings. The molecule has 4 heteroatoms. The Bertz CT molecular complexity index is 239. The van der Waals surface area contributed by atoms with Crippen LogP contribution in [0.15, 0.2) is 22.6 Å². The Hall–Kier alpha value is -1.25. The normalized spacial score (nSPS) is 21.8. The summed E-state index contributed by atoms with van der Waals surface area (Å²) in [6.07, 6.45) is 3.96. The minimum absolute atomic E-state index is 0.305. The van der Waals surface area contributed by atoms with Crippen molar-refractivity contribution in [1.29, 1.82) is 0 Å². The number of nitrogens with two attached hydrogens (primary N) is 1. The molecule has 0 aromatic carbocycles. The Balaban J connectivity index is 2.65. The van der Waals surface area contributed by atoms with Crippen molar-refractivity contribution in [2.45, 2.75) is 19.3 Å². The van der Waals surface area contributed by atoms with Gasteiger partial charge in [-0.25, -0.2) is 4.99 Å². The highest BCUT2D eigenvalue weighted by molar-refractivity contribution is 5.57. The Morgan fingerprint density at radius 2 is 2.50 bits per heavy atom. The molecule has 1 heterocycles. The molecule has 0 amide bonds. The molecule has 1 rings (SSSR count). The number of hydrogen-bond acceptors (Lipinski definition) is 4. The fraction of sp³-hybridized carbons (Fsp3) is 0.500. The van der Waals surface area contributed by atoms with Crippen molar-refractivity contribution in [2.24, 2.45) is 10.7 Å². The fourth-order valence-corrected chi connectivity index (χ4v) is 0.953. The minimum Gasteiger partial charge on any atom is -0.470 e. The van der Waals surface area contributed by atoms with E-state index in [9.17, 15) is 0 Å². The topological polar surface area (TPSA) is 67.8 Å². The molecule has 66 valence electrons. The summed E-state index contributed by atoms with van der Waals surface area (Å²) in [5.41, 5.74) is 6.18. The van der Waals surface area contributed by atoms with Crippen LogP contribution in [0.1, 0.15) is 19.3 Å². The zero-order valence-electron chi connectivity index (χ0n) is 6.79. The smallest absolute Gasteiger partial charge is 0.186 e. The van der Waals surface area contributed by atoms with E-state index in [1.54, 1.807) is 0 Å². The largest absolute Gasteiger partial charge is 0.470 e. The molecule has 0 bridgehead atoms. The number of ether oxygens (including phenoxy) is 1. The van der Waals surface area contributed by atoms with Gasteiger partial charge in [0, 0.05) is 12.3 Å². The summed E-state index contributed by atoms with van der Waals surface area (Å²) in [7, 11) is 0. The van der Waals surface area contributed by atoms with Crippen LogP contribution in [0.25, 0.3) is 0 Å². The van der Waals surface area contributed by atoms with E-state index in [2.05, 4.69) is 10.9 Å². The van der Waals surface area contributed by atoms with Crippen molar-refractivity contribution in [3.63, 3.8) is 0 Å². The van der Waals surface area contributed by atoms with Crippen molar-refractivity contribution >= 4 is 5.87 Å². The van der Waals surface area contributed by atoms with Gasteiger partial charge in [-0.2, -0.15) is 0 Å². The maximum absolute atomic E-state index is 8.48. The van der Waals surface area contributed by atoms with Crippen molar-refractivity contribution in [1.82, 2.24) is 0 Å². The van der Waals surface area contributed by atoms with Crippen molar-refractivity contribution in [2.75, 3.05) is 6.79 Å². The number of rotatable bonds is 2. The van der Waals surface area contributed by atoms with Crippen LogP contribution >= 0.6 is 0 Å². The van der Waals surface area contributed by atoms with Gasteiger partial charge in [0.1, 0.15) is 5.76 Å². The summed E-state index contributed by atoms with van der Waals surface area (Å²) in [5, 5.41) is 8.48. The van der Waals surface area contributed by atoms with Crippen LogP contribution in [0.2, 0.25) is 0 Å². The third kappa shape index (κ3) is 2.78. The molecule has 0 saturated carbocycles. The van der Waals surface area contributed by atoms with Crippen LogP contribution in [0, 0.1) is 0 Å². The first-order valence-corrected chi connectivity index (χ1v) is 3.83. The Morgan fingerprint density at radius 1 is 1.67 bits per heavy atom. The van der Waals surface area contributed by atoms with Crippen molar-refractivity contribution < 1.29 is 9.84 Å². The van der Waals surface area contributed by atoms with Gasteiger partial charge in [-0.15, -0.1) is 0 Å². The van der Waals surface area contributed by atoms with Crippen LogP contribution in [0.4, 0.5) is 0 Å². The van der Waals surface area contributed by atoms with Gasteiger partial charge in [0.05, 0.1) is 11.9 Å². The van der Waals surface area contributed by atoms with Gasteiger partial charge in [-0.1, -0.05) is 0 Å². The Morgan fingerprint density at radius 3 is 3.25 bits per heavy atom. The van der Waals surface area contributed by atoms with Crippen molar-refractivity contribution in [3.8, 4) is 0 Å². The molecule has 0 radical (unpaired) electrons. The number of aliphatic hydroxyl groups excluding tert-OH is 1. The molecular weight excluding hydrogens is 156 g/mol. The average molecular weight is 168 g/mol. The molecule has 0 aromatic heterocycles. The SMILES string of the molecule is NC1=C=N/C=C(/OCO)CCC1. The second kappa shape index (κ2) is 4.59. The molecule has 0 spiro atoms. The highest BCUT2D eigenvalue weighted by atomic mass is 16.6. The first-order valence-electron chi connectivity index (χ1n) is 3.83. The molecule has 1 aliphatic heterocycles. The van der Waals surface area contributed by atoms with E-state index < -0.39 is 0 Å². The van der Waals surface area contributed by atoms with E-state index in [0.717, 1.165) is 19.3 Å². The van der Waals surface area contributed by atoms with Gasteiger partial charge in [-0.05, 0) is 12.8 Å². The lowest BCUT2D eigenvalue weighted by Gasteiger charge is -2.07. The van der Waals surface area contributed by atoms with Crippen LogP contribution in [-0.4, -0.2) is 17.8 Å².